The minimum absolute atomic E-state index is 0.223. The third-order valence-corrected chi connectivity index (χ3v) is 4.17. The van der Waals surface area contributed by atoms with Crippen molar-refractivity contribution < 1.29 is 5.11 Å². The van der Waals surface area contributed by atoms with Gasteiger partial charge in [-0.05, 0) is 18.9 Å². The molecule has 1 aromatic heterocycles. The van der Waals surface area contributed by atoms with Crippen LogP contribution >= 0.6 is 0 Å². The predicted octanol–water partition coefficient (Wildman–Crippen LogP) is 1.92. The molecule has 2 aromatic rings. The molecule has 1 aromatic carbocycles. The number of aliphatic hydroxyl groups is 1. The van der Waals surface area contributed by atoms with Crippen molar-refractivity contribution in [2.24, 2.45) is 7.05 Å². The SMILES string of the molecule is Cn1nc(CN(CCO)C2CCC2)c2ccccc21. The number of nitrogens with zero attached hydrogens (tertiary/aromatic N) is 3. The molecule has 1 aliphatic rings. The lowest BCUT2D eigenvalue weighted by Gasteiger charge is -2.36. The molecule has 1 fully saturated rings. The fourth-order valence-corrected chi connectivity index (χ4v) is 2.87. The van der Waals surface area contributed by atoms with E-state index in [1.807, 2.05) is 17.8 Å². The van der Waals surface area contributed by atoms with Gasteiger partial charge in [-0.25, -0.2) is 0 Å². The van der Waals surface area contributed by atoms with Crippen LogP contribution in [0.5, 0.6) is 0 Å². The van der Waals surface area contributed by atoms with Crippen LogP contribution in [0.1, 0.15) is 25.0 Å². The second kappa shape index (κ2) is 5.31. The third-order valence-electron chi connectivity index (χ3n) is 4.17. The van der Waals surface area contributed by atoms with Gasteiger partial charge in [0.25, 0.3) is 0 Å². The lowest BCUT2D eigenvalue weighted by atomic mass is 9.91. The molecule has 0 unspecified atom stereocenters. The van der Waals surface area contributed by atoms with E-state index in [1.165, 1.54) is 30.2 Å². The zero-order valence-corrected chi connectivity index (χ0v) is 11.4. The molecule has 1 saturated carbocycles. The summed E-state index contributed by atoms with van der Waals surface area (Å²) in [4.78, 5) is 2.37. The van der Waals surface area contributed by atoms with Crippen LogP contribution in [-0.2, 0) is 13.6 Å². The molecule has 1 heterocycles. The quantitative estimate of drug-likeness (QED) is 0.892. The maximum Gasteiger partial charge on any atom is 0.0843 e. The first-order valence-corrected chi connectivity index (χ1v) is 7.05. The fourth-order valence-electron chi connectivity index (χ4n) is 2.87. The van der Waals surface area contributed by atoms with E-state index in [0.717, 1.165) is 18.8 Å². The molecule has 0 aliphatic heterocycles. The molecule has 0 spiro atoms. The van der Waals surface area contributed by atoms with Crippen molar-refractivity contribution in [2.45, 2.75) is 31.8 Å². The molecule has 0 saturated heterocycles. The Morgan fingerprint density at radius 2 is 2.16 bits per heavy atom. The van der Waals surface area contributed by atoms with Crippen LogP contribution in [0.15, 0.2) is 24.3 Å². The molecule has 1 aliphatic carbocycles. The maximum atomic E-state index is 9.23. The van der Waals surface area contributed by atoms with Gasteiger partial charge in [0.05, 0.1) is 17.8 Å². The summed E-state index contributed by atoms with van der Waals surface area (Å²) in [5.41, 5.74) is 2.30. The van der Waals surface area contributed by atoms with Crippen LogP contribution in [0, 0.1) is 0 Å². The molecule has 4 heteroatoms. The minimum Gasteiger partial charge on any atom is -0.395 e. The Bertz CT molecular complexity index is 560. The van der Waals surface area contributed by atoms with Crippen molar-refractivity contribution in [1.29, 1.82) is 0 Å². The summed E-state index contributed by atoms with van der Waals surface area (Å²) in [5.74, 6) is 0. The highest BCUT2D eigenvalue weighted by Crippen LogP contribution is 2.27. The number of aryl methyl sites for hydroxylation is 1. The Morgan fingerprint density at radius 1 is 1.37 bits per heavy atom. The summed E-state index contributed by atoms with van der Waals surface area (Å²) in [6.45, 7) is 1.81. The number of hydrogen-bond donors (Lipinski definition) is 1. The number of aromatic nitrogens is 2. The Balaban J connectivity index is 1.86. The van der Waals surface area contributed by atoms with Gasteiger partial charge in [-0.1, -0.05) is 24.6 Å². The number of benzene rings is 1. The molecule has 0 bridgehead atoms. The van der Waals surface area contributed by atoms with E-state index in [2.05, 4.69) is 28.2 Å². The van der Waals surface area contributed by atoms with E-state index in [0.29, 0.717) is 6.04 Å². The lowest BCUT2D eigenvalue weighted by Crippen LogP contribution is -2.41. The summed E-state index contributed by atoms with van der Waals surface area (Å²) < 4.78 is 1.95. The lowest BCUT2D eigenvalue weighted by molar-refractivity contribution is 0.0935. The number of para-hydroxylation sites is 1. The molecular formula is C15H21N3O. The van der Waals surface area contributed by atoms with Crippen molar-refractivity contribution in [3.63, 3.8) is 0 Å². The van der Waals surface area contributed by atoms with E-state index >= 15 is 0 Å². The van der Waals surface area contributed by atoms with Gasteiger partial charge in [-0.2, -0.15) is 5.10 Å². The number of rotatable bonds is 5. The first-order chi connectivity index (χ1) is 9.29. The van der Waals surface area contributed by atoms with Crippen molar-refractivity contribution in [2.75, 3.05) is 13.2 Å². The van der Waals surface area contributed by atoms with Gasteiger partial charge in [0.2, 0.25) is 0 Å². The molecule has 102 valence electrons. The Kier molecular flexibility index (Phi) is 3.53. The van der Waals surface area contributed by atoms with Crippen molar-refractivity contribution in [3.05, 3.63) is 30.0 Å². The number of aliphatic hydroxyl groups excluding tert-OH is 1. The van der Waals surface area contributed by atoms with Crippen LogP contribution < -0.4 is 0 Å². The minimum atomic E-state index is 0.223. The van der Waals surface area contributed by atoms with E-state index < -0.39 is 0 Å². The summed E-state index contributed by atoms with van der Waals surface area (Å²) in [6.07, 6.45) is 3.82. The van der Waals surface area contributed by atoms with Crippen LogP contribution in [0.3, 0.4) is 0 Å². The van der Waals surface area contributed by atoms with Gasteiger partial charge in [0, 0.05) is 31.6 Å². The summed E-state index contributed by atoms with van der Waals surface area (Å²) in [5, 5.41) is 15.1. The highest BCUT2D eigenvalue weighted by atomic mass is 16.3. The van der Waals surface area contributed by atoms with Crippen molar-refractivity contribution in [1.82, 2.24) is 14.7 Å². The smallest absolute Gasteiger partial charge is 0.0843 e. The largest absolute Gasteiger partial charge is 0.395 e. The van der Waals surface area contributed by atoms with E-state index in [4.69, 9.17) is 0 Å². The molecule has 19 heavy (non-hydrogen) atoms. The van der Waals surface area contributed by atoms with Crippen LogP contribution in [0.25, 0.3) is 10.9 Å². The Morgan fingerprint density at radius 3 is 2.84 bits per heavy atom. The number of hydrogen-bond acceptors (Lipinski definition) is 3. The van der Waals surface area contributed by atoms with Gasteiger partial charge in [0.1, 0.15) is 0 Å². The first kappa shape index (κ1) is 12.6. The Hall–Kier alpha value is -1.39. The molecule has 1 N–H and O–H groups in total. The normalized spacial score (nSPS) is 16.2. The van der Waals surface area contributed by atoms with Crippen LogP contribution in [0.2, 0.25) is 0 Å². The maximum absolute atomic E-state index is 9.23. The highest BCUT2D eigenvalue weighted by molar-refractivity contribution is 5.81. The standard InChI is InChI=1S/C15H21N3O/c1-17-15-8-3-2-7-13(15)14(16-17)11-18(9-10-19)12-5-4-6-12/h2-3,7-8,12,19H,4-6,9-11H2,1H3. The molecule has 0 atom stereocenters. The van der Waals surface area contributed by atoms with E-state index in [9.17, 15) is 5.11 Å². The van der Waals surface area contributed by atoms with Crippen molar-refractivity contribution >= 4 is 10.9 Å². The summed E-state index contributed by atoms with van der Waals surface area (Å²) in [7, 11) is 1.99. The van der Waals surface area contributed by atoms with Gasteiger partial charge in [-0.15, -0.1) is 0 Å². The topological polar surface area (TPSA) is 41.3 Å². The molecule has 3 rings (SSSR count). The molecule has 4 nitrogen and oxygen atoms in total. The highest BCUT2D eigenvalue weighted by Gasteiger charge is 2.25. The van der Waals surface area contributed by atoms with Crippen LogP contribution in [-0.4, -0.2) is 39.0 Å². The first-order valence-electron chi connectivity index (χ1n) is 7.05. The molecule has 0 amide bonds. The molecular weight excluding hydrogens is 238 g/mol. The predicted molar refractivity (Wildman–Crippen MR) is 75.8 cm³/mol. The van der Waals surface area contributed by atoms with Gasteiger partial charge < -0.3 is 5.11 Å². The van der Waals surface area contributed by atoms with E-state index in [-0.39, 0.29) is 6.61 Å². The van der Waals surface area contributed by atoms with Crippen LogP contribution in [0.4, 0.5) is 0 Å². The zero-order valence-electron chi connectivity index (χ0n) is 11.4. The van der Waals surface area contributed by atoms with Gasteiger partial charge in [-0.3, -0.25) is 9.58 Å². The second-order valence-corrected chi connectivity index (χ2v) is 5.37. The van der Waals surface area contributed by atoms with Gasteiger partial charge >= 0.3 is 0 Å². The average Bonchev–Trinajstić information content (AvgIpc) is 2.65. The third kappa shape index (κ3) is 2.38. The van der Waals surface area contributed by atoms with E-state index in [1.54, 1.807) is 0 Å². The van der Waals surface area contributed by atoms with Gasteiger partial charge in [0.15, 0.2) is 0 Å². The monoisotopic (exact) mass is 259 g/mol. The Labute approximate surface area is 113 Å². The summed E-state index contributed by atoms with van der Waals surface area (Å²) >= 11 is 0. The zero-order chi connectivity index (χ0) is 13.2. The number of fused-ring (bicyclic) bond motifs is 1. The second-order valence-electron chi connectivity index (χ2n) is 5.37. The van der Waals surface area contributed by atoms with Crippen molar-refractivity contribution in [3.8, 4) is 0 Å². The average molecular weight is 259 g/mol. The summed E-state index contributed by atoms with van der Waals surface area (Å²) in [6, 6.07) is 8.98. The fraction of sp³-hybridized carbons (Fsp3) is 0.533. The molecule has 0 radical (unpaired) electrons.